The Morgan fingerprint density at radius 2 is 1.27 bits per heavy atom. The molecule has 0 fully saturated rings. The van der Waals surface area contributed by atoms with Crippen LogP contribution in [0.5, 0.6) is 0 Å². The first kappa shape index (κ1) is 78.3. The number of hydrogen-bond donors (Lipinski definition) is 0. The summed E-state index contributed by atoms with van der Waals surface area (Å²) in [4.78, 5) is 8.00. The average Bonchev–Trinajstić information content (AvgIpc) is 1.39. The smallest absolute Gasteiger partial charge is 0 e. The largest absolute Gasteiger partial charge is 0.696 e. The molecule has 8 N–H and O–H groups in total. The van der Waals surface area contributed by atoms with Gasteiger partial charge in [-0.2, -0.15) is 0 Å². The van der Waals surface area contributed by atoms with E-state index >= 15 is 0 Å². The van der Waals surface area contributed by atoms with Gasteiger partial charge in [-0.3, -0.25) is 0 Å². The predicted octanol–water partition coefficient (Wildman–Crippen LogP) is 3.13. The summed E-state index contributed by atoms with van der Waals surface area (Å²) in [6.45, 7) is 0. The molecule has 0 aromatic rings. The van der Waals surface area contributed by atoms with Gasteiger partial charge in [0.2, 0.25) is 0 Å². The normalized spacial score (nSPS) is 1.73. The molecule has 10 heteroatoms. The average molecular weight is 227 g/mol. The molecule has 1 radical (unpaired) electrons. The van der Waals surface area contributed by atoms with Crippen molar-refractivity contribution in [2.75, 3.05) is 0 Å². The van der Waals surface area contributed by atoms with Gasteiger partial charge >= 0.3 is 0 Å². The fourth-order valence-corrected chi connectivity index (χ4v) is 0. The van der Waals surface area contributed by atoms with Crippen LogP contribution in [0.2, 0.25) is 0 Å². The van der Waals surface area contributed by atoms with E-state index in [4.69, 9.17) is 15.4 Å². The zero-order chi connectivity index (χ0) is 5.41. The molecule has 75 valence electrons. The van der Waals surface area contributed by atoms with Gasteiger partial charge in [-0.15, -0.1) is 5.34 Å². The maximum atomic E-state index is 8.00. The van der Waals surface area contributed by atoms with E-state index in [9.17, 15) is 0 Å². The predicted molar refractivity (Wildman–Crippen MR) is 43.3 cm³/mol. The van der Waals surface area contributed by atoms with Crippen LogP contribution in [0.4, 0.5) is 0 Å². The Morgan fingerprint density at radius 3 is 1.27 bits per heavy atom. The molecule has 0 aromatic carbocycles. The molecule has 0 unspecified atom stereocenters. The van der Waals surface area contributed by atoms with Crippen molar-refractivity contribution in [3.8, 4) is 5.40 Å². The third kappa shape index (κ3) is 1780. The maximum absolute atomic E-state index is 8.00. The summed E-state index contributed by atoms with van der Waals surface area (Å²) in [5.74, 6) is 0. The van der Waals surface area contributed by atoms with Crippen LogP contribution in [0.25, 0.3) is 24.6 Å². The molecule has 0 aliphatic heterocycles. The monoisotopic (exact) mass is 227 g/mol. The SMILES string of the molecule is N#C[S-].O=N[O-].[Co].[NH2-].[NH2-].[NH2-].[NH2-]. The van der Waals surface area contributed by atoms with Gasteiger partial charge in [0.1, 0.15) is 0 Å². The third-order valence-electron chi connectivity index (χ3n) is 0. The molecule has 0 saturated heterocycles. The van der Waals surface area contributed by atoms with Crippen molar-refractivity contribution < 1.29 is 16.8 Å². The zero-order valence-electron chi connectivity index (χ0n) is 5.26. The van der Waals surface area contributed by atoms with Crippen LogP contribution in [-0.4, -0.2) is 0 Å². The summed E-state index contributed by atoms with van der Waals surface area (Å²) in [7, 11) is 0. The van der Waals surface area contributed by atoms with Gasteiger partial charge < -0.3 is 47.3 Å². The number of nitriles is 1. The summed E-state index contributed by atoms with van der Waals surface area (Å²) in [6, 6.07) is 0. The van der Waals surface area contributed by atoms with Gasteiger partial charge in [-0.05, 0) is 0 Å². The van der Waals surface area contributed by atoms with Crippen molar-refractivity contribution >= 4 is 12.6 Å². The molecule has 0 heterocycles. The van der Waals surface area contributed by atoms with E-state index in [0.717, 1.165) is 5.34 Å². The fourth-order valence-electron chi connectivity index (χ4n) is 0. The Balaban J connectivity index is -0.00000000400. The van der Waals surface area contributed by atoms with Crippen LogP contribution >= 0.6 is 0 Å². The molecule has 11 heavy (non-hydrogen) atoms. The first-order valence-electron chi connectivity index (χ1n) is 0.793. The Labute approximate surface area is 80.6 Å². The van der Waals surface area contributed by atoms with Gasteiger partial charge in [0, 0.05) is 16.8 Å². The second kappa shape index (κ2) is 319. The van der Waals surface area contributed by atoms with Gasteiger partial charge in [-0.25, -0.2) is 5.26 Å². The number of thiocyanates is 1. The third-order valence-corrected chi connectivity index (χ3v) is 0. The van der Waals surface area contributed by atoms with E-state index in [0.29, 0.717) is 0 Å². The number of hydrogen-bond acceptors (Lipinski definition) is 5. The van der Waals surface area contributed by atoms with E-state index < -0.39 is 0 Å². The van der Waals surface area contributed by atoms with Crippen LogP contribution < -0.4 is 0 Å². The standard InChI is InChI=1S/CHNS.Co.HNO2.4H2N/c2-1-3;;2-1-3;;;;/h3H;;(H,2,3);4*1H2/q;;;4*-1/p-2. The Bertz CT molecular complexity index is 66.1. The van der Waals surface area contributed by atoms with E-state index in [2.05, 4.69) is 12.6 Å². The van der Waals surface area contributed by atoms with Crippen molar-refractivity contribution in [2.45, 2.75) is 0 Å². The molecule has 0 rings (SSSR count). The maximum Gasteiger partial charge on any atom is 0 e. The summed E-state index contributed by atoms with van der Waals surface area (Å²) >= 11 is 3.70. The molecular formula is CH8CoN6O2S-6. The minimum atomic E-state index is 0. The second-order valence-electron chi connectivity index (χ2n) is 0.166. The van der Waals surface area contributed by atoms with Gasteiger partial charge in [0.25, 0.3) is 0 Å². The summed E-state index contributed by atoms with van der Waals surface area (Å²) in [5.41, 5.74) is 0. The first-order chi connectivity index (χ1) is 2.83. The Kier molecular flexibility index (Phi) is 2270. The summed E-state index contributed by atoms with van der Waals surface area (Å²) < 4.78 is 0. The van der Waals surface area contributed by atoms with E-state index in [1.807, 2.05) is 0 Å². The van der Waals surface area contributed by atoms with Crippen LogP contribution in [-0.2, 0) is 29.4 Å². The van der Waals surface area contributed by atoms with Crippen molar-refractivity contribution in [1.82, 2.24) is 0 Å². The Hall–Kier alpha value is -0.544. The summed E-state index contributed by atoms with van der Waals surface area (Å²) in [5, 5.41) is 17.5. The van der Waals surface area contributed by atoms with Crippen LogP contribution in [0, 0.1) is 20.8 Å². The summed E-state index contributed by atoms with van der Waals surface area (Å²) in [6.07, 6.45) is 0. The first-order valence-corrected chi connectivity index (χ1v) is 1.20. The van der Waals surface area contributed by atoms with E-state index in [1.54, 1.807) is 0 Å². The van der Waals surface area contributed by atoms with Crippen molar-refractivity contribution in [3.63, 3.8) is 0 Å². The van der Waals surface area contributed by atoms with Gasteiger partial charge in [-0.1, -0.05) is 5.40 Å². The van der Waals surface area contributed by atoms with Gasteiger partial charge in [0.15, 0.2) is 0 Å². The van der Waals surface area contributed by atoms with E-state index in [-0.39, 0.29) is 41.4 Å². The molecule has 0 aliphatic carbocycles. The van der Waals surface area contributed by atoms with Crippen LogP contribution in [0.3, 0.4) is 0 Å². The van der Waals surface area contributed by atoms with Crippen molar-refractivity contribution in [1.29, 1.82) is 5.26 Å². The van der Waals surface area contributed by atoms with E-state index in [1.165, 1.54) is 5.40 Å². The number of rotatable bonds is 0. The minimum Gasteiger partial charge on any atom is -0.696 e. The quantitative estimate of drug-likeness (QED) is 0.263. The molecular weight excluding hydrogens is 219 g/mol. The number of nitrogens with two attached hydrogens (primary N) is 4. The van der Waals surface area contributed by atoms with Crippen molar-refractivity contribution in [3.05, 3.63) is 34.7 Å². The molecule has 0 spiro atoms. The fraction of sp³-hybridized carbons (Fsp3) is 0. The molecule has 0 amide bonds. The van der Waals surface area contributed by atoms with Crippen LogP contribution in [0.1, 0.15) is 0 Å². The Morgan fingerprint density at radius 1 is 1.27 bits per heavy atom. The molecule has 0 aromatic heterocycles. The molecule has 0 bridgehead atoms. The molecule has 0 atom stereocenters. The van der Waals surface area contributed by atoms with Crippen molar-refractivity contribution in [2.24, 2.45) is 5.34 Å². The van der Waals surface area contributed by atoms with Crippen LogP contribution in [0.15, 0.2) is 5.34 Å². The number of nitrogens with zero attached hydrogens (tertiary/aromatic N) is 2. The molecule has 0 saturated carbocycles. The topological polar surface area (TPSA) is 210 Å². The molecule has 8 nitrogen and oxygen atoms in total. The minimum absolute atomic E-state index is 0. The van der Waals surface area contributed by atoms with Gasteiger partial charge in [0.05, 0.1) is 0 Å². The zero-order valence-corrected chi connectivity index (χ0v) is 7.12. The second-order valence-corrected chi connectivity index (χ2v) is 0.348. The molecule has 0 aliphatic rings.